The van der Waals surface area contributed by atoms with Gasteiger partial charge < -0.3 is 11.1 Å². The number of hydrogen-bond donors (Lipinski definition) is 2. The number of benzene rings is 1. The Balaban J connectivity index is 0.00000220. The maximum Gasteiger partial charge on any atom is 0.220 e. The predicted octanol–water partition coefficient (Wildman–Crippen LogP) is 3.57. The molecule has 0 heterocycles. The van der Waals surface area contributed by atoms with Crippen LogP contribution >= 0.6 is 12.4 Å². The second kappa shape index (κ2) is 8.93. The molecule has 2 atom stereocenters. The zero-order valence-corrected chi connectivity index (χ0v) is 13.6. The van der Waals surface area contributed by atoms with Gasteiger partial charge in [-0.1, -0.05) is 38.0 Å². The minimum absolute atomic E-state index is 0. The second-order valence-electron chi connectivity index (χ2n) is 6.14. The number of nitrogens with two attached hydrogens (primary N) is 1. The van der Waals surface area contributed by atoms with Crippen LogP contribution < -0.4 is 11.1 Å². The monoisotopic (exact) mass is 310 g/mol. The van der Waals surface area contributed by atoms with E-state index in [0.29, 0.717) is 12.3 Å². The van der Waals surface area contributed by atoms with Gasteiger partial charge in [-0.05, 0) is 42.7 Å². The van der Waals surface area contributed by atoms with Crippen LogP contribution in [0.15, 0.2) is 24.3 Å². The van der Waals surface area contributed by atoms with Gasteiger partial charge >= 0.3 is 0 Å². The third-order valence-corrected chi connectivity index (χ3v) is 4.31. The summed E-state index contributed by atoms with van der Waals surface area (Å²) in [5.74, 6) is 1.63. The van der Waals surface area contributed by atoms with Crippen molar-refractivity contribution in [3.05, 3.63) is 29.8 Å². The number of rotatable bonds is 5. The van der Waals surface area contributed by atoms with E-state index in [1.807, 2.05) is 24.3 Å². The highest BCUT2D eigenvalue weighted by Gasteiger charge is 2.19. The fourth-order valence-electron chi connectivity index (χ4n) is 3.10. The van der Waals surface area contributed by atoms with Crippen LogP contribution in [0.3, 0.4) is 0 Å². The van der Waals surface area contributed by atoms with E-state index in [1.165, 1.54) is 25.7 Å². The Kier molecular flexibility index (Phi) is 7.58. The lowest BCUT2D eigenvalue weighted by atomic mass is 9.82. The molecule has 0 bridgehead atoms. The van der Waals surface area contributed by atoms with Gasteiger partial charge in [-0.25, -0.2) is 0 Å². The number of nitrogen functional groups attached to an aromatic ring is 1. The maximum atomic E-state index is 11.9. The molecule has 1 aromatic rings. The van der Waals surface area contributed by atoms with Crippen molar-refractivity contribution in [3.63, 3.8) is 0 Å². The summed E-state index contributed by atoms with van der Waals surface area (Å²) in [6.07, 6.45) is 6.41. The summed E-state index contributed by atoms with van der Waals surface area (Å²) in [4.78, 5) is 11.9. The molecular weight excluding hydrogens is 284 g/mol. The smallest absolute Gasteiger partial charge is 0.220 e. The van der Waals surface area contributed by atoms with Crippen LogP contribution in [-0.4, -0.2) is 12.5 Å². The van der Waals surface area contributed by atoms with Gasteiger partial charge in [0.05, 0.1) is 0 Å². The molecule has 0 aromatic heterocycles. The summed E-state index contributed by atoms with van der Waals surface area (Å²) < 4.78 is 0. The third kappa shape index (κ3) is 5.96. The lowest BCUT2D eigenvalue weighted by molar-refractivity contribution is -0.121. The fourth-order valence-corrected chi connectivity index (χ4v) is 3.10. The summed E-state index contributed by atoms with van der Waals surface area (Å²) in [5, 5.41) is 3.08. The van der Waals surface area contributed by atoms with Crippen molar-refractivity contribution >= 4 is 24.0 Å². The average molecular weight is 311 g/mol. The first-order valence-corrected chi connectivity index (χ1v) is 7.75. The Bertz CT molecular complexity index is 450. The van der Waals surface area contributed by atoms with Gasteiger partial charge in [0.25, 0.3) is 0 Å². The van der Waals surface area contributed by atoms with Gasteiger partial charge in [-0.3, -0.25) is 4.79 Å². The molecule has 0 radical (unpaired) electrons. The van der Waals surface area contributed by atoms with Crippen molar-refractivity contribution in [2.75, 3.05) is 12.3 Å². The lowest BCUT2D eigenvalue weighted by Crippen LogP contribution is -2.31. The summed E-state index contributed by atoms with van der Waals surface area (Å²) in [6, 6.07) is 7.76. The first kappa shape index (κ1) is 17.8. The fraction of sp³-hybridized carbons (Fsp3) is 0.588. The molecule has 3 nitrogen and oxygen atoms in total. The largest absolute Gasteiger partial charge is 0.399 e. The molecule has 1 aromatic carbocycles. The third-order valence-electron chi connectivity index (χ3n) is 4.31. The Morgan fingerprint density at radius 1 is 1.33 bits per heavy atom. The molecule has 2 rings (SSSR count). The molecule has 1 aliphatic rings. The second-order valence-corrected chi connectivity index (χ2v) is 6.14. The van der Waals surface area contributed by atoms with E-state index in [9.17, 15) is 4.79 Å². The molecule has 1 aliphatic carbocycles. The van der Waals surface area contributed by atoms with Crippen molar-refractivity contribution in [3.8, 4) is 0 Å². The van der Waals surface area contributed by atoms with E-state index in [4.69, 9.17) is 5.73 Å². The van der Waals surface area contributed by atoms with Crippen LogP contribution in [0.1, 0.15) is 44.6 Å². The first-order valence-electron chi connectivity index (χ1n) is 7.75. The Labute approximate surface area is 134 Å². The SMILES string of the molecule is CC1CCCC(CNC(=O)CCc2ccccc2N)C1.Cl. The van der Waals surface area contributed by atoms with Gasteiger partial charge in [-0.2, -0.15) is 0 Å². The van der Waals surface area contributed by atoms with Crippen LogP contribution in [0.2, 0.25) is 0 Å². The van der Waals surface area contributed by atoms with Gasteiger partial charge in [0, 0.05) is 18.7 Å². The first-order chi connectivity index (χ1) is 9.65. The van der Waals surface area contributed by atoms with Gasteiger partial charge in [0.2, 0.25) is 5.91 Å². The highest BCUT2D eigenvalue weighted by molar-refractivity contribution is 5.85. The average Bonchev–Trinajstić information content (AvgIpc) is 2.44. The summed E-state index contributed by atoms with van der Waals surface area (Å²) in [5.41, 5.74) is 7.72. The molecule has 1 saturated carbocycles. The highest BCUT2D eigenvalue weighted by Crippen LogP contribution is 2.27. The molecular formula is C17H27ClN2O. The predicted molar refractivity (Wildman–Crippen MR) is 90.6 cm³/mol. The quantitative estimate of drug-likeness (QED) is 0.817. The molecule has 21 heavy (non-hydrogen) atoms. The standard InChI is InChI=1S/C17H26N2O.ClH/c1-13-5-4-6-14(11-13)12-19-17(20)10-9-15-7-2-3-8-16(15)18;/h2-3,7-8,13-14H,4-6,9-12,18H2,1H3,(H,19,20);1H. The maximum absolute atomic E-state index is 11.9. The molecule has 0 spiro atoms. The lowest BCUT2D eigenvalue weighted by Gasteiger charge is -2.26. The number of amides is 1. The summed E-state index contributed by atoms with van der Waals surface area (Å²) in [6.45, 7) is 3.15. The van der Waals surface area contributed by atoms with Crippen molar-refractivity contribution in [2.45, 2.75) is 45.4 Å². The normalized spacial score (nSPS) is 21.4. The molecule has 0 aliphatic heterocycles. The number of halogens is 1. The Morgan fingerprint density at radius 2 is 2.10 bits per heavy atom. The highest BCUT2D eigenvalue weighted by atomic mass is 35.5. The van der Waals surface area contributed by atoms with Gasteiger partial charge in [0.1, 0.15) is 0 Å². The minimum Gasteiger partial charge on any atom is -0.399 e. The van der Waals surface area contributed by atoms with E-state index in [1.54, 1.807) is 0 Å². The molecule has 2 unspecified atom stereocenters. The van der Waals surface area contributed by atoms with Crippen LogP contribution in [-0.2, 0) is 11.2 Å². The number of carbonyl (C=O) groups excluding carboxylic acids is 1. The van der Waals surface area contributed by atoms with Crippen LogP contribution in [0.5, 0.6) is 0 Å². The molecule has 4 heteroatoms. The van der Waals surface area contributed by atoms with Crippen LogP contribution in [0.25, 0.3) is 0 Å². The van der Waals surface area contributed by atoms with Gasteiger partial charge in [0.15, 0.2) is 0 Å². The molecule has 1 amide bonds. The zero-order chi connectivity index (χ0) is 14.4. The minimum atomic E-state index is 0. The van der Waals surface area contributed by atoms with Crippen molar-refractivity contribution in [1.82, 2.24) is 5.32 Å². The summed E-state index contributed by atoms with van der Waals surface area (Å²) in [7, 11) is 0. The van der Waals surface area contributed by atoms with E-state index < -0.39 is 0 Å². The number of carbonyl (C=O) groups is 1. The van der Waals surface area contributed by atoms with Crippen molar-refractivity contribution in [1.29, 1.82) is 0 Å². The molecule has 3 N–H and O–H groups in total. The molecule has 0 saturated heterocycles. The van der Waals surface area contributed by atoms with E-state index >= 15 is 0 Å². The zero-order valence-electron chi connectivity index (χ0n) is 12.8. The number of anilines is 1. The number of hydrogen-bond acceptors (Lipinski definition) is 2. The molecule has 1 fully saturated rings. The number of aryl methyl sites for hydroxylation is 1. The topological polar surface area (TPSA) is 55.1 Å². The number of nitrogens with one attached hydrogen (secondary N) is 1. The van der Waals surface area contributed by atoms with E-state index in [2.05, 4.69) is 12.2 Å². The van der Waals surface area contributed by atoms with E-state index in [-0.39, 0.29) is 18.3 Å². The Hall–Kier alpha value is -1.22. The van der Waals surface area contributed by atoms with E-state index in [0.717, 1.165) is 30.1 Å². The number of para-hydroxylation sites is 1. The summed E-state index contributed by atoms with van der Waals surface area (Å²) >= 11 is 0. The van der Waals surface area contributed by atoms with Crippen molar-refractivity contribution in [2.24, 2.45) is 11.8 Å². The van der Waals surface area contributed by atoms with Gasteiger partial charge in [-0.15, -0.1) is 12.4 Å². The van der Waals surface area contributed by atoms with Crippen LogP contribution in [0, 0.1) is 11.8 Å². The van der Waals surface area contributed by atoms with Crippen LogP contribution in [0.4, 0.5) is 5.69 Å². The Morgan fingerprint density at radius 3 is 2.81 bits per heavy atom. The molecule has 118 valence electrons. The van der Waals surface area contributed by atoms with Crippen molar-refractivity contribution < 1.29 is 4.79 Å².